The monoisotopic (exact) mass is 489 g/mol. The molecule has 4 aromatic rings. The molecule has 0 unspecified atom stereocenters. The lowest BCUT2D eigenvalue weighted by molar-refractivity contribution is -0.124. The predicted molar refractivity (Wildman–Crippen MR) is 125 cm³/mol. The van der Waals surface area contributed by atoms with Gasteiger partial charge in [0, 0.05) is 31.8 Å². The smallest absolute Gasteiger partial charge is 0.222 e. The quantitative estimate of drug-likeness (QED) is 0.429. The summed E-state index contributed by atoms with van der Waals surface area (Å²) in [5.41, 5.74) is 2.57. The lowest BCUT2D eigenvalue weighted by atomic mass is 10.0. The molecule has 9 heteroatoms. The number of carbonyl (C=O) groups is 1. The van der Waals surface area contributed by atoms with Crippen LogP contribution in [0, 0.1) is 18.4 Å². The van der Waals surface area contributed by atoms with E-state index in [1.807, 2.05) is 18.2 Å². The van der Waals surface area contributed by atoms with Crippen molar-refractivity contribution in [1.29, 1.82) is 0 Å². The van der Waals surface area contributed by atoms with Gasteiger partial charge in [0.2, 0.25) is 11.6 Å². The van der Waals surface area contributed by atoms with Crippen LogP contribution < -0.4 is 5.32 Å². The lowest BCUT2D eigenvalue weighted by Crippen LogP contribution is -2.25. The second-order valence-electron chi connectivity index (χ2n) is 8.07. The number of pyridine rings is 1. The van der Waals surface area contributed by atoms with E-state index in [1.54, 1.807) is 30.2 Å². The van der Waals surface area contributed by atoms with E-state index in [9.17, 15) is 4.79 Å². The first-order valence-electron chi connectivity index (χ1n) is 10.5. The van der Waals surface area contributed by atoms with E-state index >= 15 is 0 Å². The average molecular weight is 490 g/mol. The van der Waals surface area contributed by atoms with Gasteiger partial charge in [-0.15, -0.1) is 0 Å². The number of aromatic nitrogens is 5. The Morgan fingerprint density at radius 2 is 2.22 bits per heavy atom. The van der Waals surface area contributed by atoms with Crippen LogP contribution in [0.1, 0.15) is 25.1 Å². The highest BCUT2D eigenvalue weighted by Crippen LogP contribution is 2.34. The minimum absolute atomic E-state index is 0.0756. The minimum Gasteiger partial charge on any atom is -0.359 e. The van der Waals surface area contributed by atoms with Crippen LogP contribution in [0.25, 0.3) is 32.5 Å². The average Bonchev–Trinajstić information content (AvgIpc) is 3.42. The molecule has 0 spiro atoms. The number of nitrogens with zero attached hydrogens (tertiary/aromatic N) is 6. The van der Waals surface area contributed by atoms with Crippen molar-refractivity contribution in [2.75, 3.05) is 7.05 Å². The van der Waals surface area contributed by atoms with Crippen LogP contribution >= 0.6 is 15.9 Å². The van der Waals surface area contributed by atoms with Gasteiger partial charge in [0.1, 0.15) is 10.4 Å². The fourth-order valence-corrected chi connectivity index (χ4v) is 4.95. The zero-order chi connectivity index (χ0) is 22.2. The minimum atomic E-state index is 0.0756. The van der Waals surface area contributed by atoms with Crippen LogP contribution in [-0.2, 0) is 11.2 Å². The van der Waals surface area contributed by atoms with Crippen molar-refractivity contribution in [3.8, 4) is 5.69 Å². The summed E-state index contributed by atoms with van der Waals surface area (Å²) in [5.74, 6) is 1.32. The summed E-state index contributed by atoms with van der Waals surface area (Å²) in [4.78, 5) is 29.3. The Labute approximate surface area is 193 Å². The zero-order valence-corrected chi connectivity index (χ0v) is 19.0. The highest BCUT2D eigenvalue weighted by atomic mass is 79.9. The van der Waals surface area contributed by atoms with Gasteiger partial charge in [-0.2, -0.15) is 5.10 Å². The maximum atomic E-state index is 12.0. The molecule has 1 aliphatic rings. The molecule has 1 saturated carbocycles. The molecule has 3 heterocycles. The lowest BCUT2D eigenvalue weighted by Gasteiger charge is -2.10. The highest BCUT2D eigenvalue weighted by molar-refractivity contribution is 9.10. The summed E-state index contributed by atoms with van der Waals surface area (Å²) in [6, 6.07) is 7.53. The first kappa shape index (κ1) is 20.5. The Morgan fingerprint density at radius 1 is 1.34 bits per heavy atom. The van der Waals surface area contributed by atoms with E-state index in [4.69, 9.17) is 11.6 Å². The van der Waals surface area contributed by atoms with Gasteiger partial charge in [0.05, 0.1) is 23.2 Å². The number of rotatable bonds is 4. The van der Waals surface area contributed by atoms with Crippen molar-refractivity contribution >= 4 is 49.5 Å². The SMILES string of the molecule is [C-]#[N+]c1cc(-n2nc(Br)c3cnc(C[C@@H]4CC[C@@H](C(=O)NC)C4)nc32)cc2cccnc12. The molecular weight excluding hydrogens is 470 g/mol. The molecule has 0 bridgehead atoms. The van der Waals surface area contributed by atoms with E-state index in [0.717, 1.165) is 48.0 Å². The second-order valence-corrected chi connectivity index (χ2v) is 8.82. The molecule has 3 aromatic heterocycles. The molecule has 0 aliphatic heterocycles. The van der Waals surface area contributed by atoms with Gasteiger partial charge in [-0.1, -0.05) is 6.07 Å². The Bertz CT molecular complexity index is 1390. The molecule has 0 radical (unpaired) electrons. The molecule has 5 rings (SSSR count). The summed E-state index contributed by atoms with van der Waals surface area (Å²) in [7, 11) is 1.69. The molecule has 1 amide bonds. The van der Waals surface area contributed by atoms with E-state index in [-0.39, 0.29) is 11.8 Å². The standard InChI is InChI=1S/C23H20BrN7O/c1-25-18-11-16(10-14-4-3-7-27-20(14)18)31-22-17(21(24)30-31)12-28-19(29-22)9-13-5-6-15(8-13)23(32)26-2/h3-4,7,10-13,15H,5-6,8-9H2,2H3,(H,26,32)/t13-,15-/m1/s1. The largest absolute Gasteiger partial charge is 0.359 e. The summed E-state index contributed by atoms with van der Waals surface area (Å²) in [6.07, 6.45) is 6.95. The number of fused-ring (bicyclic) bond motifs is 2. The number of amides is 1. The van der Waals surface area contributed by atoms with Gasteiger partial charge in [-0.3, -0.25) is 9.78 Å². The van der Waals surface area contributed by atoms with Crippen molar-refractivity contribution in [2.24, 2.45) is 11.8 Å². The number of nitrogens with one attached hydrogen (secondary N) is 1. The van der Waals surface area contributed by atoms with Crippen molar-refractivity contribution in [3.05, 3.63) is 58.5 Å². The Morgan fingerprint density at radius 3 is 3.03 bits per heavy atom. The Hall–Kier alpha value is -3.38. The second kappa shape index (κ2) is 8.28. The van der Waals surface area contributed by atoms with Crippen LogP contribution in [0.15, 0.2) is 41.3 Å². The van der Waals surface area contributed by atoms with Crippen LogP contribution in [0.5, 0.6) is 0 Å². The summed E-state index contributed by atoms with van der Waals surface area (Å²) in [6.45, 7) is 7.56. The van der Waals surface area contributed by atoms with Crippen molar-refractivity contribution < 1.29 is 4.79 Å². The third-order valence-corrected chi connectivity index (χ3v) is 6.68. The Balaban J connectivity index is 1.52. The normalized spacial score (nSPS) is 18.2. The van der Waals surface area contributed by atoms with Gasteiger partial charge < -0.3 is 5.32 Å². The summed E-state index contributed by atoms with van der Waals surface area (Å²) >= 11 is 3.52. The molecule has 1 fully saturated rings. The van der Waals surface area contributed by atoms with Crippen molar-refractivity contribution in [3.63, 3.8) is 0 Å². The summed E-state index contributed by atoms with van der Waals surface area (Å²) < 4.78 is 2.39. The van der Waals surface area contributed by atoms with Crippen LogP contribution in [0.3, 0.4) is 0 Å². The zero-order valence-electron chi connectivity index (χ0n) is 17.4. The topological polar surface area (TPSA) is 90.0 Å². The fourth-order valence-electron chi connectivity index (χ4n) is 4.51. The number of hydrogen-bond donors (Lipinski definition) is 1. The molecule has 8 nitrogen and oxygen atoms in total. The molecule has 160 valence electrons. The maximum Gasteiger partial charge on any atom is 0.222 e. The third kappa shape index (κ3) is 3.60. The first-order valence-corrected chi connectivity index (χ1v) is 11.2. The van der Waals surface area contributed by atoms with Gasteiger partial charge in [0.15, 0.2) is 5.65 Å². The first-order chi connectivity index (χ1) is 15.6. The van der Waals surface area contributed by atoms with Gasteiger partial charge >= 0.3 is 0 Å². The van der Waals surface area contributed by atoms with Crippen LogP contribution in [-0.4, -0.2) is 37.7 Å². The number of carbonyl (C=O) groups excluding carboxylic acids is 1. The number of halogens is 1. The third-order valence-electron chi connectivity index (χ3n) is 6.09. The number of benzene rings is 1. The highest BCUT2D eigenvalue weighted by Gasteiger charge is 2.30. The maximum absolute atomic E-state index is 12.0. The van der Waals surface area contributed by atoms with E-state index in [1.165, 1.54) is 0 Å². The molecule has 1 aromatic carbocycles. The summed E-state index contributed by atoms with van der Waals surface area (Å²) in [5, 5.41) is 9.05. The molecule has 0 saturated heterocycles. The number of hydrogen-bond acceptors (Lipinski definition) is 5. The molecular formula is C23H20BrN7O. The van der Waals surface area contributed by atoms with Crippen LogP contribution in [0.2, 0.25) is 0 Å². The van der Waals surface area contributed by atoms with E-state index in [2.05, 4.69) is 41.2 Å². The van der Waals surface area contributed by atoms with Crippen molar-refractivity contribution in [1.82, 2.24) is 30.0 Å². The molecule has 2 atom stereocenters. The fraction of sp³-hybridized carbons (Fsp3) is 0.304. The van der Waals surface area contributed by atoms with Gasteiger partial charge in [0.25, 0.3) is 0 Å². The van der Waals surface area contributed by atoms with Crippen molar-refractivity contribution in [2.45, 2.75) is 25.7 Å². The van der Waals surface area contributed by atoms with Crippen LogP contribution in [0.4, 0.5) is 5.69 Å². The van der Waals surface area contributed by atoms with Gasteiger partial charge in [-0.05, 0) is 64.7 Å². The molecule has 1 aliphatic carbocycles. The molecule has 1 N–H and O–H groups in total. The predicted octanol–water partition coefficient (Wildman–Crippen LogP) is 4.38. The molecule has 32 heavy (non-hydrogen) atoms. The van der Waals surface area contributed by atoms with E-state index in [0.29, 0.717) is 27.4 Å². The van der Waals surface area contributed by atoms with E-state index < -0.39 is 0 Å². The van der Waals surface area contributed by atoms with Gasteiger partial charge in [-0.25, -0.2) is 19.5 Å². The Kier molecular flexibility index (Phi) is 5.31.